The third kappa shape index (κ3) is 7.99. The fourth-order valence-corrected chi connectivity index (χ4v) is 5.52. The van der Waals surface area contributed by atoms with Crippen molar-refractivity contribution in [3.8, 4) is 11.5 Å². The minimum Gasteiger partial charge on any atom is -0.491 e. The fraction of sp³-hybridized carbons (Fsp3) is 0.455. The number of aliphatic hydroxyl groups is 1. The number of methoxy groups -OCH3 is 1. The van der Waals surface area contributed by atoms with Crippen molar-refractivity contribution < 1.29 is 33.2 Å². The van der Waals surface area contributed by atoms with Gasteiger partial charge in [-0.05, 0) is 47.9 Å². The van der Waals surface area contributed by atoms with Crippen LogP contribution in [0.25, 0.3) is 0 Å². The van der Waals surface area contributed by atoms with E-state index in [1.165, 1.54) is 6.07 Å². The Morgan fingerprint density at radius 1 is 1.00 bits per heavy atom. The van der Waals surface area contributed by atoms with Gasteiger partial charge in [-0.25, -0.2) is 4.39 Å². The maximum atomic E-state index is 13.7. The zero-order valence-corrected chi connectivity index (χ0v) is 24.2. The molecular weight excluding hydrogens is 539 g/mol. The summed E-state index contributed by atoms with van der Waals surface area (Å²) >= 11 is 0. The average Bonchev–Trinajstić information content (AvgIpc) is 3.01. The molecule has 2 heterocycles. The van der Waals surface area contributed by atoms with Gasteiger partial charge >= 0.3 is 0 Å². The van der Waals surface area contributed by atoms with E-state index >= 15 is 0 Å². The Kier molecular flexibility index (Phi) is 11.0. The zero-order chi connectivity index (χ0) is 29.1. The normalized spacial score (nSPS) is 20.2. The summed E-state index contributed by atoms with van der Waals surface area (Å²) in [5, 5.41) is 14.2. The van der Waals surface area contributed by atoms with Crippen LogP contribution in [0.4, 0.5) is 10.1 Å². The van der Waals surface area contributed by atoms with Gasteiger partial charge in [0.15, 0.2) is 0 Å². The lowest BCUT2D eigenvalue weighted by atomic mass is 9.85. The van der Waals surface area contributed by atoms with Gasteiger partial charge in [0.1, 0.15) is 30.5 Å². The highest BCUT2D eigenvalue weighted by atomic mass is 19.1. The van der Waals surface area contributed by atoms with Gasteiger partial charge in [-0.2, -0.15) is 0 Å². The van der Waals surface area contributed by atoms with Gasteiger partial charge < -0.3 is 39.0 Å². The van der Waals surface area contributed by atoms with Crippen LogP contribution in [0.15, 0.2) is 66.7 Å². The quantitative estimate of drug-likeness (QED) is 0.274. The largest absolute Gasteiger partial charge is 0.491 e. The van der Waals surface area contributed by atoms with Gasteiger partial charge in [0, 0.05) is 44.8 Å². The van der Waals surface area contributed by atoms with Crippen LogP contribution in [-0.4, -0.2) is 77.0 Å². The summed E-state index contributed by atoms with van der Waals surface area (Å²) in [6.07, 6.45) is 0.185. The molecule has 3 aromatic rings. The van der Waals surface area contributed by atoms with E-state index in [1.54, 1.807) is 25.3 Å². The molecule has 0 bridgehead atoms. The monoisotopic (exact) mass is 580 g/mol. The first kappa shape index (κ1) is 30.3. The van der Waals surface area contributed by atoms with Crippen molar-refractivity contribution in [1.29, 1.82) is 0 Å². The van der Waals surface area contributed by atoms with Crippen molar-refractivity contribution in [2.45, 2.75) is 37.8 Å². The number of β-amino-alcohol motifs (C(OH)–C–C–N with tert-alkyl or cyclic N) is 1. The molecule has 3 unspecified atom stereocenters. The summed E-state index contributed by atoms with van der Waals surface area (Å²) in [7, 11) is 1.73. The molecule has 8 nitrogen and oxygen atoms in total. The first-order valence-corrected chi connectivity index (χ1v) is 14.7. The van der Waals surface area contributed by atoms with Crippen molar-refractivity contribution in [2.75, 3.05) is 64.6 Å². The Bertz CT molecular complexity index is 1260. The van der Waals surface area contributed by atoms with Crippen molar-refractivity contribution in [2.24, 2.45) is 0 Å². The van der Waals surface area contributed by atoms with Gasteiger partial charge in [0.2, 0.25) is 0 Å². The lowest BCUT2D eigenvalue weighted by molar-refractivity contribution is -0.0328. The number of anilines is 1. The average molecular weight is 581 g/mol. The van der Waals surface area contributed by atoms with Crippen LogP contribution in [0.3, 0.4) is 0 Å². The summed E-state index contributed by atoms with van der Waals surface area (Å²) in [6.45, 7) is 5.66. The molecule has 2 aliphatic rings. The number of benzene rings is 3. The number of fused-ring (bicyclic) bond motifs is 1. The standard InChI is InChI=1S/C33H41FN2O6/c1-38-15-4-13-36-14-16-41-31-12-7-24(19-29(31)36)22-42-32-21-35-20-30(37)33(32)25-8-10-27(11-9-25)40-18-17-39-23-26-5-2-3-6-28(26)34/h2-3,5-12,19,30,32-33,35,37H,4,13-18,20-23H2,1H3. The van der Waals surface area contributed by atoms with Crippen molar-refractivity contribution in [1.82, 2.24) is 5.32 Å². The van der Waals surface area contributed by atoms with Gasteiger partial charge in [-0.15, -0.1) is 0 Å². The second-order valence-corrected chi connectivity index (χ2v) is 10.6. The molecule has 0 amide bonds. The number of nitrogens with zero attached hydrogens (tertiary/aromatic N) is 1. The van der Waals surface area contributed by atoms with Crippen LogP contribution in [0.1, 0.15) is 29.0 Å². The van der Waals surface area contributed by atoms with E-state index in [0.29, 0.717) is 50.8 Å². The molecule has 3 atom stereocenters. The first-order chi connectivity index (χ1) is 20.6. The molecule has 2 N–H and O–H groups in total. The predicted octanol–water partition coefficient (Wildman–Crippen LogP) is 4.29. The van der Waals surface area contributed by atoms with Gasteiger partial charge in [-0.1, -0.05) is 36.4 Å². The summed E-state index contributed by atoms with van der Waals surface area (Å²) in [4.78, 5) is 2.34. The number of hydrogen-bond donors (Lipinski definition) is 2. The Hall–Kier alpha value is -3.21. The molecule has 2 aliphatic heterocycles. The molecule has 0 spiro atoms. The third-order valence-electron chi connectivity index (χ3n) is 7.71. The maximum absolute atomic E-state index is 13.7. The van der Waals surface area contributed by atoms with Crippen LogP contribution >= 0.6 is 0 Å². The van der Waals surface area contributed by atoms with Crippen LogP contribution in [-0.2, 0) is 27.4 Å². The lowest BCUT2D eigenvalue weighted by Crippen LogP contribution is -2.49. The van der Waals surface area contributed by atoms with Crippen molar-refractivity contribution in [3.05, 3.63) is 89.2 Å². The number of ether oxygens (including phenoxy) is 5. The highest BCUT2D eigenvalue weighted by Crippen LogP contribution is 2.34. The Morgan fingerprint density at radius 3 is 2.69 bits per heavy atom. The van der Waals surface area contributed by atoms with Gasteiger partial charge in [0.05, 0.1) is 44.3 Å². The summed E-state index contributed by atoms with van der Waals surface area (Å²) in [6, 6.07) is 20.6. The maximum Gasteiger partial charge on any atom is 0.142 e. The van der Waals surface area contributed by atoms with Gasteiger partial charge in [0.25, 0.3) is 0 Å². The van der Waals surface area contributed by atoms with Crippen LogP contribution in [0.5, 0.6) is 11.5 Å². The Balaban J connectivity index is 1.14. The summed E-state index contributed by atoms with van der Waals surface area (Å²) in [5.74, 6) is 1.17. The number of nitrogens with one attached hydrogen (secondary N) is 1. The molecule has 1 saturated heterocycles. The molecule has 3 aromatic carbocycles. The number of rotatable bonds is 14. The molecule has 0 radical (unpaired) electrons. The second kappa shape index (κ2) is 15.3. The second-order valence-electron chi connectivity index (χ2n) is 10.6. The smallest absolute Gasteiger partial charge is 0.142 e. The summed E-state index contributed by atoms with van der Waals surface area (Å²) < 4.78 is 42.6. The third-order valence-corrected chi connectivity index (χ3v) is 7.71. The Labute approximate surface area is 247 Å². The number of aliphatic hydroxyl groups excluding tert-OH is 1. The molecule has 0 aliphatic carbocycles. The lowest BCUT2D eigenvalue weighted by Gasteiger charge is -2.36. The number of piperidine rings is 1. The van der Waals surface area contributed by atoms with E-state index in [4.69, 9.17) is 23.7 Å². The van der Waals surface area contributed by atoms with Crippen LogP contribution in [0, 0.1) is 5.82 Å². The van der Waals surface area contributed by atoms with E-state index in [-0.39, 0.29) is 24.4 Å². The first-order valence-electron chi connectivity index (χ1n) is 14.7. The minimum absolute atomic E-state index is 0.170. The SMILES string of the molecule is COCCCN1CCOc2ccc(COC3CNCC(O)C3c3ccc(OCCOCc4ccccc4F)cc3)cc21. The molecule has 5 rings (SSSR count). The van der Waals surface area contributed by atoms with Crippen LogP contribution < -0.4 is 19.7 Å². The molecule has 1 fully saturated rings. The molecule has 0 saturated carbocycles. The topological polar surface area (TPSA) is 81.7 Å². The van der Waals surface area contributed by atoms with E-state index in [2.05, 4.69) is 16.3 Å². The fourth-order valence-electron chi connectivity index (χ4n) is 5.52. The molecular formula is C33H41FN2O6. The highest BCUT2D eigenvalue weighted by Gasteiger charge is 2.34. The van der Waals surface area contributed by atoms with Crippen molar-refractivity contribution >= 4 is 5.69 Å². The molecule has 226 valence electrons. The highest BCUT2D eigenvalue weighted by molar-refractivity contribution is 5.61. The Morgan fingerprint density at radius 2 is 1.86 bits per heavy atom. The summed E-state index contributed by atoms with van der Waals surface area (Å²) in [5.41, 5.74) is 3.68. The van der Waals surface area contributed by atoms with E-state index < -0.39 is 6.10 Å². The van der Waals surface area contributed by atoms with E-state index in [1.807, 2.05) is 36.4 Å². The number of halogens is 1. The zero-order valence-electron chi connectivity index (χ0n) is 24.2. The number of hydrogen-bond acceptors (Lipinski definition) is 8. The van der Waals surface area contributed by atoms with Crippen LogP contribution in [0.2, 0.25) is 0 Å². The van der Waals surface area contributed by atoms with Crippen molar-refractivity contribution in [3.63, 3.8) is 0 Å². The molecule has 0 aromatic heterocycles. The molecule has 42 heavy (non-hydrogen) atoms. The minimum atomic E-state index is -0.574. The molecule has 9 heteroatoms. The van der Waals surface area contributed by atoms with E-state index in [0.717, 1.165) is 48.7 Å². The van der Waals surface area contributed by atoms with E-state index in [9.17, 15) is 9.50 Å². The van der Waals surface area contributed by atoms with Gasteiger partial charge in [-0.3, -0.25) is 0 Å². The predicted molar refractivity (Wildman–Crippen MR) is 159 cm³/mol.